The lowest BCUT2D eigenvalue weighted by atomic mass is 9.99. The van der Waals surface area contributed by atoms with E-state index in [0.717, 1.165) is 0 Å². The second-order valence-electron chi connectivity index (χ2n) is 3.10. The first kappa shape index (κ1) is 9.58. The van der Waals surface area contributed by atoms with Gasteiger partial charge in [-0.2, -0.15) is 0 Å². The SMILES string of the molecule is CC(=O)c1cc(O)c(O)c(C)c1C. The molecule has 0 saturated carbocycles. The van der Waals surface area contributed by atoms with Crippen LogP contribution in [0.3, 0.4) is 0 Å². The van der Waals surface area contributed by atoms with Crippen molar-refractivity contribution in [2.75, 3.05) is 0 Å². The van der Waals surface area contributed by atoms with Crippen LogP contribution in [0.25, 0.3) is 0 Å². The minimum absolute atomic E-state index is 0.115. The zero-order valence-corrected chi connectivity index (χ0v) is 7.88. The van der Waals surface area contributed by atoms with Gasteiger partial charge in [-0.25, -0.2) is 0 Å². The number of phenolic OH excluding ortho intramolecular Hbond substituents is 2. The highest BCUT2D eigenvalue weighted by Gasteiger charge is 2.13. The Hall–Kier alpha value is -1.51. The maximum atomic E-state index is 11.1. The predicted octanol–water partition coefficient (Wildman–Crippen LogP) is 1.92. The van der Waals surface area contributed by atoms with Gasteiger partial charge in [0.05, 0.1) is 0 Å². The summed E-state index contributed by atoms with van der Waals surface area (Å²) >= 11 is 0. The van der Waals surface area contributed by atoms with Gasteiger partial charge in [-0.1, -0.05) is 0 Å². The first-order valence-corrected chi connectivity index (χ1v) is 3.98. The summed E-state index contributed by atoms with van der Waals surface area (Å²) in [5.74, 6) is -0.508. The Morgan fingerprint density at radius 2 is 1.77 bits per heavy atom. The summed E-state index contributed by atoms with van der Waals surface area (Å²) in [6.07, 6.45) is 0. The normalized spacial score (nSPS) is 10.1. The third-order valence-electron chi connectivity index (χ3n) is 2.22. The van der Waals surface area contributed by atoms with E-state index in [0.29, 0.717) is 16.7 Å². The predicted molar refractivity (Wildman–Crippen MR) is 49.3 cm³/mol. The van der Waals surface area contributed by atoms with E-state index in [2.05, 4.69) is 0 Å². The lowest BCUT2D eigenvalue weighted by Gasteiger charge is -2.09. The molecule has 0 unspecified atom stereocenters. The Labute approximate surface area is 76.6 Å². The molecule has 0 bridgehead atoms. The zero-order chi connectivity index (χ0) is 10.2. The molecule has 1 aromatic rings. The lowest BCUT2D eigenvalue weighted by Crippen LogP contribution is -1.98. The maximum absolute atomic E-state index is 11.1. The van der Waals surface area contributed by atoms with Gasteiger partial charge in [-0.15, -0.1) is 0 Å². The van der Waals surface area contributed by atoms with Crippen LogP contribution in [-0.2, 0) is 0 Å². The number of hydrogen-bond donors (Lipinski definition) is 2. The van der Waals surface area contributed by atoms with Crippen molar-refractivity contribution in [3.63, 3.8) is 0 Å². The molecule has 0 spiro atoms. The van der Waals surface area contributed by atoms with Crippen molar-refractivity contribution in [2.24, 2.45) is 0 Å². The summed E-state index contributed by atoms with van der Waals surface area (Å²) in [5.41, 5.74) is 1.71. The van der Waals surface area contributed by atoms with Crippen LogP contribution in [0.2, 0.25) is 0 Å². The molecule has 13 heavy (non-hydrogen) atoms. The summed E-state index contributed by atoms with van der Waals surface area (Å²) in [7, 11) is 0. The number of hydrogen-bond acceptors (Lipinski definition) is 3. The van der Waals surface area contributed by atoms with Gasteiger partial charge in [0.1, 0.15) is 0 Å². The van der Waals surface area contributed by atoms with E-state index >= 15 is 0 Å². The number of ketones is 1. The topological polar surface area (TPSA) is 57.5 Å². The van der Waals surface area contributed by atoms with E-state index in [1.807, 2.05) is 0 Å². The van der Waals surface area contributed by atoms with Gasteiger partial charge < -0.3 is 10.2 Å². The van der Waals surface area contributed by atoms with Crippen LogP contribution in [0, 0.1) is 13.8 Å². The van der Waals surface area contributed by atoms with Gasteiger partial charge in [0.2, 0.25) is 0 Å². The van der Waals surface area contributed by atoms with Crippen molar-refractivity contribution in [3.8, 4) is 11.5 Å². The summed E-state index contributed by atoms with van der Waals surface area (Å²) in [6, 6.07) is 1.29. The molecule has 0 fully saturated rings. The molecule has 0 aromatic heterocycles. The summed E-state index contributed by atoms with van der Waals surface area (Å²) in [5, 5.41) is 18.6. The minimum Gasteiger partial charge on any atom is -0.504 e. The molecular formula is C10H12O3. The molecule has 0 saturated heterocycles. The van der Waals surface area contributed by atoms with E-state index in [9.17, 15) is 15.0 Å². The van der Waals surface area contributed by atoms with Crippen molar-refractivity contribution in [2.45, 2.75) is 20.8 Å². The maximum Gasteiger partial charge on any atom is 0.160 e. The van der Waals surface area contributed by atoms with Gasteiger partial charge in [0.25, 0.3) is 0 Å². The molecule has 0 amide bonds. The Morgan fingerprint density at radius 1 is 1.23 bits per heavy atom. The quantitative estimate of drug-likeness (QED) is 0.512. The Bertz CT molecular complexity index is 367. The van der Waals surface area contributed by atoms with Crippen molar-refractivity contribution in [3.05, 3.63) is 22.8 Å². The number of benzene rings is 1. The third kappa shape index (κ3) is 1.49. The average molecular weight is 180 g/mol. The monoisotopic (exact) mass is 180 g/mol. The summed E-state index contributed by atoms with van der Waals surface area (Å²) in [4.78, 5) is 11.1. The molecule has 1 aromatic carbocycles. The fourth-order valence-corrected chi connectivity index (χ4v) is 1.25. The van der Waals surface area contributed by atoms with Gasteiger partial charge >= 0.3 is 0 Å². The first-order chi connectivity index (χ1) is 5.95. The standard InChI is InChI=1S/C10H12O3/c1-5-6(2)10(13)9(12)4-8(5)7(3)11/h4,12-13H,1-3H3. The van der Waals surface area contributed by atoms with Gasteiger partial charge in [0, 0.05) is 5.56 Å². The van der Waals surface area contributed by atoms with E-state index in [4.69, 9.17) is 0 Å². The molecular weight excluding hydrogens is 168 g/mol. The molecule has 0 radical (unpaired) electrons. The smallest absolute Gasteiger partial charge is 0.160 e. The molecule has 0 aliphatic carbocycles. The highest BCUT2D eigenvalue weighted by Crippen LogP contribution is 2.32. The molecule has 1 rings (SSSR count). The number of Topliss-reactive ketones (excluding diaryl/α,β-unsaturated/α-hetero) is 1. The van der Waals surface area contributed by atoms with Gasteiger partial charge in [-0.05, 0) is 38.0 Å². The van der Waals surface area contributed by atoms with Crippen LogP contribution in [-0.4, -0.2) is 16.0 Å². The molecule has 70 valence electrons. The van der Waals surface area contributed by atoms with Gasteiger partial charge in [-0.3, -0.25) is 4.79 Å². The van der Waals surface area contributed by atoms with Crippen LogP contribution in [0.5, 0.6) is 11.5 Å². The Morgan fingerprint density at radius 3 is 2.23 bits per heavy atom. The second kappa shape index (κ2) is 3.09. The number of aromatic hydroxyl groups is 2. The van der Waals surface area contributed by atoms with Crippen LogP contribution in [0.1, 0.15) is 28.4 Å². The summed E-state index contributed by atoms with van der Waals surface area (Å²) < 4.78 is 0. The van der Waals surface area contributed by atoms with Crippen LogP contribution in [0.4, 0.5) is 0 Å². The first-order valence-electron chi connectivity index (χ1n) is 3.98. The lowest BCUT2D eigenvalue weighted by molar-refractivity contribution is 0.101. The van der Waals surface area contributed by atoms with Crippen molar-refractivity contribution < 1.29 is 15.0 Å². The van der Waals surface area contributed by atoms with Crippen molar-refractivity contribution >= 4 is 5.78 Å². The Kier molecular flexibility index (Phi) is 2.28. The second-order valence-corrected chi connectivity index (χ2v) is 3.10. The molecule has 3 heteroatoms. The molecule has 0 atom stereocenters. The van der Waals surface area contributed by atoms with E-state index in [1.165, 1.54) is 13.0 Å². The fourth-order valence-electron chi connectivity index (χ4n) is 1.25. The summed E-state index contributed by atoms with van der Waals surface area (Å²) in [6.45, 7) is 4.83. The number of carbonyl (C=O) groups excluding carboxylic acids is 1. The number of carbonyl (C=O) groups is 1. The van der Waals surface area contributed by atoms with E-state index < -0.39 is 0 Å². The van der Waals surface area contributed by atoms with Crippen LogP contribution >= 0.6 is 0 Å². The van der Waals surface area contributed by atoms with E-state index in [-0.39, 0.29) is 17.3 Å². The third-order valence-corrected chi connectivity index (χ3v) is 2.22. The van der Waals surface area contributed by atoms with Crippen LogP contribution in [0.15, 0.2) is 6.07 Å². The Balaban J connectivity index is 3.50. The fraction of sp³-hybridized carbons (Fsp3) is 0.300. The number of rotatable bonds is 1. The largest absolute Gasteiger partial charge is 0.504 e. The van der Waals surface area contributed by atoms with E-state index in [1.54, 1.807) is 13.8 Å². The zero-order valence-electron chi connectivity index (χ0n) is 7.88. The average Bonchev–Trinajstić information content (AvgIpc) is 2.07. The number of phenols is 2. The molecule has 2 N–H and O–H groups in total. The molecule has 0 heterocycles. The molecule has 0 aliphatic heterocycles. The highest BCUT2D eigenvalue weighted by atomic mass is 16.3. The molecule has 0 aliphatic rings. The molecule has 3 nitrogen and oxygen atoms in total. The highest BCUT2D eigenvalue weighted by molar-refractivity contribution is 5.96. The van der Waals surface area contributed by atoms with Crippen molar-refractivity contribution in [1.82, 2.24) is 0 Å². The van der Waals surface area contributed by atoms with Crippen molar-refractivity contribution in [1.29, 1.82) is 0 Å². The minimum atomic E-state index is -0.242. The van der Waals surface area contributed by atoms with Gasteiger partial charge in [0.15, 0.2) is 17.3 Å². The van der Waals surface area contributed by atoms with Crippen LogP contribution < -0.4 is 0 Å².